The van der Waals surface area contributed by atoms with Gasteiger partial charge in [-0.05, 0) is 32.1 Å². The summed E-state index contributed by atoms with van der Waals surface area (Å²) in [5.74, 6) is 0.527. The smallest absolute Gasteiger partial charge is 0.237 e. The number of aliphatic hydroxyl groups excluding tert-OH is 1. The molecule has 2 saturated heterocycles. The Morgan fingerprint density at radius 3 is 2.76 bits per heavy atom. The number of aliphatic hydroxyl groups is 1. The topological polar surface area (TPSA) is 70.6 Å². The van der Waals surface area contributed by atoms with Gasteiger partial charge in [-0.25, -0.2) is 0 Å². The van der Waals surface area contributed by atoms with Crippen LogP contribution < -0.4 is 10.6 Å². The van der Waals surface area contributed by atoms with Gasteiger partial charge in [-0.3, -0.25) is 4.79 Å². The summed E-state index contributed by atoms with van der Waals surface area (Å²) in [5, 5.41) is 15.4. The van der Waals surface area contributed by atoms with E-state index in [1.165, 1.54) is 0 Å². The number of β-amino-alcohol motifs (C(OH)–C–C–N with tert-alkyl or cyclic N) is 1. The highest BCUT2D eigenvalue weighted by Gasteiger charge is 2.30. The molecule has 98 valence electrons. The predicted molar refractivity (Wildman–Crippen MR) is 63.6 cm³/mol. The summed E-state index contributed by atoms with van der Waals surface area (Å²) >= 11 is 0. The molecule has 2 aliphatic rings. The predicted octanol–water partition coefficient (Wildman–Crippen LogP) is -0.359. The van der Waals surface area contributed by atoms with Crippen LogP contribution in [0.1, 0.15) is 26.2 Å². The number of amides is 1. The van der Waals surface area contributed by atoms with E-state index in [4.69, 9.17) is 4.74 Å². The normalized spacial score (nSPS) is 32.4. The van der Waals surface area contributed by atoms with Gasteiger partial charge in [-0.15, -0.1) is 0 Å². The lowest BCUT2D eigenvalue weighted by atomic mass is 9.92. The molecule has 3 atom stereocenters. The molecule has 3 unspecified atom stereocenters. The molecule has 2 rings (SSSR count). The number of hydrogen-bond donors (Lipinski definition) is 3. The monoisotopic (exact) mass is 242 g/mol. The molecule has 17 heavy (non-hydrogen) atoms. The first kappa shape index (κ1) is 12.8. The highest BCUT2D eigenvalue weighted by atomic mass is 16.5. The Hall–Kier alpha value is -0.650. The Morgan fingerprint density at radius 1 is 1.47 bits per heavy atom. The SMILES string of the molecule is CC(NC(=O)C1CC(O)CN1)C1CCOCC1. The Bertz CT molecular complexity index is 266. The van der Waals surface area contributed by atoms with Gasteiger partial charge in [-0.1, -0.05) is 0 Å². The number of rotatable bonds is 3. The molecule has 5 nitrogen and oxygen atoms in total. The van der Waals surface area contributed by atoms with Gasteiger partial charge >= 0.3 is 0 Å². The summed E-state index contributed by atoms with van der Waals surface area (Å²) in [6.07, 6.45) is 2.17. The minimum absolute atomic E-state index is 0.0144. The molecule has 0 spiro atoms. The molecule has 0 saturated carbocycles. The van der Waals surface area contributed by atoms with Crippen LogP contribution in [0.4, 0.5) is 0 Å². The number of carbonyl (C=O) groups excluding carboxylic acids is 1. The third kappa shape index (κ3) is 3.40. The van der Waals surface area contributed by atoms with E-state index in [1.807, 2.05) is 0 Å². The van der Waals surface area contributed by atoms with Crippen molar-refractivity contribution in [3.63, 3.8) is 0 Å². The highest BCUT2D eigenvalue weighted by molar-refractivity contribution is 5.82. The highest BCUT2D eigenvalue weighted by Crippen LogP contribution is 2.19. The van der Waals surface area contributed by atoms with Crippen LogP contribution in [0.15, 0.2) is 0 Å². The van der Waals surface area contributed by atoms with Crippen molar-refractivity contribution in [2.24, 2.45) is 5.92 Å². The van der Waals surface area contributed by atoms with Gasteiger partial charge in [0.1, 0.15) is 0 Å². The maximum absolute atomic E-state index is 11.9. The molecule has 1 amide bonds. The molecular formula is C12H22N2O3. The van der Waals surface area contributed by atoms with E-state index >= 15 is 0 Å². The molecule has 0 bridgehead atoms. The minimum atomic E-state index is -0.385. The standard InChI is InChI=1S/C12H22N2O3/c1-8(9-2-4-17-5-3-9)14-12(16)11-6-10(15)7-13-11/h8-11,13,15H,2-7H2,1H3,(H,14,16). The Kier molecular flexibility index (Phi) is 4.36. The second kappa shape index (κ2) is 5.80. The van der Waals surface area contributed by atoms with Crippen LogP contribution in [0.25, 0.3) is 0 Å². The number of hydrogen-bond acceptors (Lipinski definition) is 4. The lowest BCUT2D eigenvalue weighted by Gasteiger charge is -2.29. The maximum atomic E-state index is 11.9. The Balaban J connectivity index is 1.77. The van der Waals surface area contributed by atoms with E-state index in [1.54, 1.807) is 0 Å². The fourth-order valence-electron chi connectivity index (χ4n) is 2.58. The van der Waals surface area contributed by atoms with Gasteiger partial charge in [0.15, 0.2) is 0 Å². The molecule has 0 aromatic carbocycles. The van der Waals surface area contributed by atoms with E-state index in [0.29, 0.717) is 18.9 Å². The average Bonchev–Trinajstić information content (AvgIpc) is 2.77. The lowest BCUT2D eigenvalue weighted by Crippen LogP contribution is -2.47. The van der Waals surface area contributed by atoms with Gasteiger partial charge < -0.3 is 20.5 Å². The van der Waals surface area contributed by atoms with Crippen LogP contribution in [-0.4, -0.2) is 49.0 Å². The van der Waals surface area contributed by atoms with Crippen LogP contribution in [-0.2, 0) is 9.53 Å². The van der Waals surface area contributed by atoms with Crippen molar-refractivity contribution < 1.29 is 14.6 Å². The van der Waals surface area contributed by atoms with Crippen molar-refractivity contribution in [2.75, 3.05) is 19.8 Å². The van der Waals surface area contributed by atoms with Gasteiger partial charge in [0.2, 0.25) is 5.91 Å². The summed E-state index contributed by atoms with van der Waals surface area (Å²) in [5.41, 5.74) is 0. The van der Waals surface area contributed by atoms with Gasteiger partial charge in [0, 0.05) is 25.8 Å². The molecule has 0 radical (unpaired) electrons. The van der Waals surface area contributed by atoms with E-state index in [9.17, 15) is 9.90 Å². The molecule has 5 heteroatoms. The van der Waals surface area contributed by atoms with Crippen LogP contribution in [0.2, 0.25) is 0 Å². The molecule has 2 heterocycles. The molecule has 2 aliphatic heterocycles. The lowest BCUT2D eigenvalue weighted by molar-refractivity contribution is -0.124. The van der Waals surface area contributed by atoms with Crippen molar-refractivity contribution in [2.45, 2.75) is 44.4 Å². The second-order valence-corrected chi connectivity index (χ2v) is 5.10. The van der Waals surface area contributed by atoms with Crippen LogP contribution in [0, 0.1) is 5.92 Å². The molecule has 3 N–H and O–H groups in total. The van der Waals surface area contributed by atoms with Gasteiger partial charge in [0.25, 0.3) is 0 Å². The van der Waals surface area contributed by atoms with E-state index in [-0.39, 0.29) is 24.1 Å². The summed E-state index contributed by atoms with van der Waals surface area (Å²) in [7, 11) is 0. The van der Waals surface area contributed by atoms with Crippen LogP contribution in [0.5, 0.6) is 0 Å². The van der Waals surface area contributed by atoms with E-state index in [2.05, 4.69) is 17.6 Å². The maximum Gasteiger partial charge on any atom is 0.237 e. The molecule has 0 aromatic heterocycles. The van der Waals surface area contributed by atoms with Crippen molar-refractivity contribution in [1.82, 2.24) is 10.6 Å². The Labute approximate surface area is 102 Å². The number of nitrogens with one attached hydrogen (secondary N) is 2. The van der Waals surface area contributed by atoms with Crippen molar-refractivity contribution in [1.29, 1.82) is 0 Å². The Morgan fingerprint density at radius 2 is 2.18 bits per heavy atom. The fourth-order valence-corrected chi connectivity index (χ4v) is 2.58. The molecule has 2 fully saturated rings. The van der Waals surface area contributed by atoms with Crippen molar-refractivity contribution in [3.05, 3.63) is 0 Å². The fraction of sp³-hybridized carbons (Fsp3) is 0.917. The molecule has 0 aliphatic carbocycles. The first-order valence-electron chi connectivity index (χ1n) is 6.46. The molecule has 0 aromatic rings. The van der Waals surface area contributed by atoms with Crippen LogP contribution in [0.3, 0.4) is 0 Å². The van der Waals surface area contributed by atoms with Gasteiger partial charge in [0.05, 0.1) is 12.1 Å². The van der Waals surface area contributed by atoms with Crippen molar-refractivity contribution >= 4 is 5.91 Å². The first-order chi connectivity index (χ1) is 8.16. The number of carbonyl (C=O) groups is 1. The summed E-state index contributed by atoms with van der Waals surface area (Å²) in [6, 6.07) is -0.0433. The first-order valence-corrected chi connectivity index (χ1v) is 6.46. The van der Waals surface area contributed by atoms with Crippen molar-refractivity contribution in [3.8, 4) is 0 Å². The molecular weight excluding hydrogens is 220 g/mol. The summed E-state index contributed by atoms with van der Waals surface area (Å²) in [4.78, 5) is 11.9. The number of ether oxygens (including phenoxy) is 1. The largest absolute Gasteiger partial charge is 0.392 e. The van der Waals surface area contributed by atoms with Gasteiger partial charge in [-0.2, -0.15) is 0 Å². The summed E-state index contributed by atoms with van der Waals surface area (Å²) in [6.45, 7) is 4.17. The second-order valence-electron chi connectivity index (χ2n) is 5.10. The zero-order valence-corrected chi connectivity index (χ0v) is 10.3. The summed E-state index contributed by atoms with van der Waals surface area (Å²) < 4.78 is 5.31. The third-order valence-electron chi connectivity index (χ3n) is 3.77. The quantitative estimate of drug-likeness (QED) is 0.632. The zero-order chi connectivity index (χ0) is 12.3. The third-order valence-corrected chi connectivity index (χ3v) is 3.77. The van der Waals surface area contributed by atoms with E-state index < -0.39 is 0 Å². The van der Waals surface area contributed by atoms with E-state index in [0.717, 1.165) is 26.1 Å². The van der Waals surface area contributed by atoms with Crippen LogP contribution >= 0.6 is 0 Å². The zero-order valence-electron chi connectivity index (χ0n) is 10.3. The minimum Gasteiger partial charge on any atom is -0.392 e. The average molecular weight is 242 g/mol.